The van der Waals surface area contributed by atoms with Crippen LogP contribution in [0.5, 0.6) is 0 Å². The summed E-state index contributed by atoms with van der Waals surface area (Å²) in [5.41, 5.74) is 12.0. The lowest BCUT2D eigenvalue weighted by Gasteiger charge is -2.37. The molecule has 12 heteroatoms. The minimum Gasteiger partial charge on any atom is -0.339 e. The summed E-state index contributed by atoms with van der Waals surface area (Å²) >= 11 is 0. The monoisotopic (exact) mass is 684 g/mol. The van der Waals surface area contributed by atoms with Gasteiger partial charge in [0, 0.05) is 87.2 Å². The minimum absolute atomic E-state index is 0.0241. The molecule has 0 spiro atoms. The first kappa shape index (κ1) is 36.8. The number of hydrogen-bond donors (Lipinski definition) is 2. The second-order valence-electron chi connectivity index (χ2n) is 13.9. The van der Waals surface area contributed by atoms with Crippen molar-refractivity contribution in [2.45, 2.75) is 51.4 Å². The summed E-state index contributed by atoms with van der Waals surface area (Å²) in [5.74, 6) is 8.86. The van der Waals surface area contributed by atoms with Crippen molar-refractivity contribution in [2.24, 2.45) is 35.1 Å². The van der Waals surface area contributed by atoms with Gasteiger partial charge in [-0.1, -0.05) is 0 Å². The van der Waals surface area contributed by atoms with Crippen molar-refractivity contribution in [3.05, 3.63) is 35.4 Å². The molecule has 2 saturated heterocycles. The molecule has 1 aromatic rings. The molecular weight excluding hydrogens is 636 g/mol. The second kappa shape index (κ2) is 17.4. The standard InChI is InChI=1S/C38H48N6O6/c39-25-27-1-5-31(6-2-27)37(49)43-21-17-41(18-22-43)35(47)15-13-33(45)29-9-11-30(12-10-29)34(46)14-16-36(48)42-19-23-44(24-20-42)38(50)32-7-3-28(26-40)4-8-32/h9-12,27-28,31-32H,1-8,17-26,39-40H2/t27-,28-,31-,32-. The molecular formula is C38H48N6O6. The molecule has 0 bridgehead atoms. The third-order valence-corrected chi connectivity index (χ3v) is 10.8. The quantitative estimate of drug-likeness (QED) is 0.254. The number of piperazine rings is 2. The first-order chi connectivity index (χ1) is 24.2. The molecule has 5 rings (SSSR count). The van der Waals surface area contributed by atoms with Gasteiger partial charge in [0.05, 0.1) is 0 Å². The van der Waals surface area contributed by atoms with Crippen molar-refractivity contribution in [2.75, 3.05) is 65.4 Å². The summed E-state index contributed by atoms with van der Waals surface area (Å²) in [6.45, 7) is 4.53. The first-order valence-corrected chi connectivity index (χ1v) is 17.9. The van der Waals surface area contributed by atoms with Crippen LogP contribution in [-0.4, -0.2) is 120 Å². The van der Waals surface area contributed by atoms with Crippen LogP contribution >= 0.6 is 0 Å². The second-order valence-corrected chi connectivity index (χ2v) is 13.9. The molecule has 50 heavy (non-hydrogen) atoms. The van der Waals surface area contributed by atoms with Crippen LogP contribution in [0.2, 0.25) is 0 Å². The average molecular weight is 685 g/mol. The van der Waals surface area contributed by atoms with Gasteiger partial charge < -0.3 is 31.1 Å². The molecule has 0 atom stereocenters. The van der Waals surface area contributed by atoms with E-state index in [0.29, 0.717) is 77.3 Å². The summed E-state index contributed by atoms with van der Waals surface area (Å²) < 4.78 is 0. The van der Waals surface area contributed by atoms with Gasteiger partial charge in [-0.15, -0.1) is 0 Å². The number of nitrogens with zero attached hydrogens (tertiary/aromatic N) is 4. The lowest BCUT2D eigenvalue weighted by molar-refractivity contribution is -0.141. The molecule has 2 aliphatic carbocycles. The fraction of sp³-hybridized carbons (Fsp3) is 0.579. The number of Topliss-reactive ketones (excluding diaryl/α,β-unsaturated/α-hetero) is 2. The zero-order valence-electron chi connectivity index (χ0n) is 28.7. The van der Waals surface area contributed by atoms with Crippen molar-refractivity contribution in [3.63, 3.8) is 0 Å². The molecule has 4 fully saturated rings. The maximum atomic E-state index is 12.9. The van der Waals surface area contributed by atoms with Crippen LogP contribution in [0.25, 0.3) is 0 Å². The maximum Gasteiger partial charge on any atom is 0.299 e. The van der Waals surface area contributed by atoms with Gasteiger partial charge in [-0.25, -0.2) is 0 Å². The summed E-state index contributed by atoms with van der Waals surface area (Å²) in [4.78, 5) is 83.2. The van der Waals surface area contributed by atoms with E-state index in [2.05, 4.69) is 23.7 Å². The lowest BCUT2D eigenvalue weighted by Crippen LogP contribution is -2.52. The minimum atomic E-state index is -0.568. The van der Waals surface area contributed by atoms with Crippen LogP contribution in [0, 0.1) is 47.4 Å². The van der Waals surface area contributed by atoms with Crippen molar-refractivity contribution in [1.29, 1.82) is 0 Å². The van der Waals surface area contributed by atoms with E-state index < -0.39 is 23.4 Å². The number of benzene rings is 1. The fourth-order valence-electron chi connectivity index (χ4n) is 7.36. The molecule has 4 N–H and O–H groups in total. The Morgan fingerprint density at radius 1 is 0.480 bits per heavy atom. The van der Waals surface area contributed by atoms with Gasteiger partial charge in [-0.2, -0.15) is 0 Å². The Morgan fingerprint density at radius 2 is 0.780 bits per heavy atom. The van der Waals surface area contributed by atoms with Crippen molar-refractivity contribution in [3.8, 4) is 23.7 Å². The van der Waals surface area contributed by atoms with Crippen LogP contribution < -0.4 is 11.5 Å². The molecule has 0 radical (unpaired) electrons. The summed E-state index contributed by atoms with van der Waals surface area (Å²) in [5, 5.41) is 0. The number of hydrogen-bond acceptors (Lipinski definition) is 8. The highest BCUT2D eigenvalue weighted by Gasteiger charge is 2.33. The van der Waals surface area contributed by atoms with E-state index in [9.17, 15) is 28.8 Å². The van der Waals surface area contributed by atoms with Gasteiger partial charge in [0.15, 0.2) is 0 Å². The highest BCUT2D eigenvalue weighted by Crippen LogP contribution is 2.31. The predicted molar refractivity (Wildman–Crippen MR) is 186 cm³/mol. The highest BCUT2D eigenvalue weighted by molar-refractivity contribution is 6.14. The molecule has 0 unspecified atom stereocenters. The molecule has 266 valence electrons. The zero-order chi connectivity index (χ0) is 35.6. The summed E-state index contributed by atoms with van der Waals surface area (Å²) in [7, 11) is 0. The Kier molecular flexibility index (Phi) is 12.8. The normalized spacial score (nSPS) is 23.9. The van der Waals surface area contributed by atoms with Gasteiger partial charge in [0.25, 0.3) is 11.8 Å². The van der Waals surface area contributed by atoms with Gasteiger partial charge in [-0.05, 0) is 112 Å². The van der Waals surface area contributed by atoms with E-state index in [4.69, 9.17) is 11.5 Å². The third kappa shape index (κ3) is 9.38. The molecule has 12 nitrogen and oxygen atoms in total. The van der Waals surface area contributed by atoms with Crippen LogP contribution in [0.3, 0.4) is 0 Å². The molecule has 2 heterocycles. The maximum absolute atomic E-state index is 12.9. The first-order valence-electron chi connectivity index (χ1n) is 17.9. The number of amides is 4. The van der Waals surface area contributed by atoms with Gasteiger partial charge in [0.2, 0.25) is 23.4 Å². The topological polar surface area (TPSA) is 167 Å². The smallest absolute Gasteiger partial charge is 0.299 e. The largest absolute Gasteiger partial charge is 0.339 e. The number of carbonyl (C=O) groups excluding carboxylic acids is 6. The number of carbonyl (C=O) groups is 6. The number of rotatable bonds is 6. The van der Waals surface area contributed by atoms with Crippen LogP contribution in [0.1, 0.15) is 72.1 Å². The van der Waals surface area contributed by atoms with E-state index in [1.165, 1.54) is 24.3 Å². The van der Waals surface area contributed by atoms with Crippen LogP contribution in [0.15, 0.2) is 24.3 Å². The van der Waals surface area contributed by atoms with E-state index in [1.807, 2.05) is 9.80 Å². The number of ketones is 2. The van der Waals surface area contributed by atoms with E-state index in [1.54, 1.807) is 9.80 Å². The van der Waals surface area contributed by atoms with Gasteiger partial charge >= 0.3 is 0 Å². The Labute approximate surface area is 294 Å². The molecule has 2 aliphatic heterocycles. The Morgan fingerprint density at radius 3 is 1.08 bits per heavy atom. The van der Waals surface area contributed by atoms with Crippen LogP contribution in [0.4, 0.5) is 0 Å². The average Bonchev–Trinajstić information content (AvgIpc) is 3.18. The molecule has 4 amide bonds. The molecule has 1 aromatic carbocycles. The van der Waals surface area contributed by atoms with E-state index in [0.717, 1.165) is 51.4 Å². The summed E-state index contributed by atoms with van der Waals surface area (Å²) in [6.07, 6.45) is 7.33. The van der Waals surface area contributed by atoms with E-state index in [-0.39, 0.29) is 34.8 Å². The fourth-order valence-corrected chi connectivity index (χ4v) is 7.36. The molecule has 2 saturated carbocycles. The Hall–Kier alpha value is -4.52. The van der Waals surface area contributed by atoms with Gasteiger partial charge in [-0.3, -0.25) is 28.8 Å². The summed E-state index contributed by atoms with van der Waals surface area (Å²) in [6, 6.07) is 5.73. The third-order valence-electron chi connectivity index (χ3n) is 10.8. The Bertz CT molecular complexity index is 1440. The van der Waals surface area contributed by atoms with Gasteiger partial charge in [0.1, 0.15) is 0 Å². The van der Waals surface area contributed by atoms with Crippen LogP contribution in [-0.2, 0) is 19.2 Å². The zero-order valence-corrected chi connectivity index (χ0v) is 28.7. The number of nitrogens with two attached hydrogens (primary N) is 2. The van der Waals surface area contributed by atoms with Crippen molar-refractivity contribution in [1.82, 2.24) is 19.6 Å². The SMILES string of the molecule is NC[C@H]1CC[C@H](C(=O)N2CCN(C(=O)C#CC(=O)c3ccc(C(=O)C#CC(=O)N4CCN(C(=O)[C@H]5CC[C@H](CN)CC5)CC4)cc3)CC2)CC1. The predicted octanol–water partition coefficient (Wildman–Crippen LogP) is 0.931. The van der Waals surface area contributed by atoms with Crippen molar-refractivity contribution >= 4 is 35.2 Å². The molecule has 4 aliphatic rings. The van der Waals surface area contributed by atoms with E-state index >= 15 is 0 Å². The molecule has 0 aromatic heterocycles. The lowest BCUT2D eigenvalue weighted by atomic mass is 9.81. The highest BCUT2D eigenvalue weighted by atomic mass is 16.2. The Balaban J connectivity index is 1.04. The van der Waals surface area contributed by atoms with Crippen molar-refractivity contribution < 1.29 is 28.8 Å².